The third-order valence-electron chi connectivity index (χ3n) is 4.79. The third kappa shape index (κ3) is 3.48. The zero-order valence-corrected chi connectivity index (χ0v) is 14.6. The van der Waals surface area contributed by atoms with Crippen LogP contribution in [0.5, 0.6) is 0 Å². The highest BCUT2D eigenvalue weighted by molar-refractivity contribution is 8.01. The first kappa shape index (κ1) is 16.4. The number of amides is 1. The van der Waals surface area contributed by atoms with E-state index in [2.05, 4.69) is 21.4 Å². The molecule has 0 bridgehead atoms. The standard InChI is InChI=1S/C18H20N4O2S/c23-16-6-14(3-5-20-16)17(24)22-11-18(12-22)7-15(10-25-18)21-9-13-2-1-4-19-8-13/h1-6,8,15,21H,7,9-12H2,(H,20,23). The zero-order chi connectivity index (χ0) is 17.3. The van der Waals surface area contributed by atoms with Crippen molar-refractivity contribution in [1.29, 1.82) is 0 Å². The molecular weight excluding hydrogens is 336 g/mol. The van der Waals surface area contributed by atoms with Gasteiger partial charge in [-0.05, 0) is 24.1 Å². The topological polar surface area (TPSA) is 78.1 Å². The molecule has 6 nitrogen and oxygen atoms in total. The number of thioether (sulfide) groups is 1. The smallest absolute Gasteiger partial charge is 0.254 e. The first-order valence-corrected chi connectivity index (χ1v) is 9.36. The highest BCUT2D eigenvalue weighted by atomic mass is 32.2. The summed E-state index contributed by atoms with van der Waals surface area (Å²) in [6.07, 6.45) is 6.26. The van der Waals surface area contributed by atoms with Gasteiger partial charge in [0.05, 0.1) is 4.75 Å². The molecule has 1 spiro atoms. The molecule has 2 fully saturated rings. The highest BCUT2D eigenvalue weighted by Crippen LogP contribution is 2.45. The first-order chi connectivity index (χ1) is 12.1. The molecule has 1 atom stereocenters. The fourth-order valence-corrected chi connectivity index (χ4v) is 5.12. The van der Waals surface area contributed by atoms with E-state index in [9.17, 15) is 9.59 Å². The Labute approximate surface area is 150 Å². The molecule has 1 amide bonds. The lowest BCUT2D eigenvalue weighted by molar-refractivity contribution is 0.0552. The second-order valence-corrected chi connectivity index (χ2v) is 8.23. The largest absolute Gasteiger partial charge is 0.336 e. The first-order valence-electron chi connectivity index (χ1n) is 8.38. The van der Waals surface area contributed by atoms with Crippen LogP contribution in [0, 0.1) is 0 Å². The fraction of sp³-hybridized carbons (Fsp3) is 0.389. The van der Waals surface area contributed by atoms with Crippen molar-refractivity contribution in [3.63, 3.8) is 0 Å². The Kier molecular flexibility index (Phi) is 4.35. The van der Waals surface area contributed by atoms with Gasteiger partial charge < -0.3 is 15.2 Å². The third-order valence-corrected chi connectivity index (χ3v) is 6.40. The minimum atomic E-state index is -0.240. The Morgan fingerprint density at radius 1 is 1.44 bits per heavy atom. The predicted octanol–water partition coefficient (Wildman–Crippen LogP) is 1.26. The highest BCUT2D eigenvalue weighted by Gasteiger charge is 2.50. The average Bonchev–Trinajstić information content (AvgIpc) is 3.04. The monoisotopic (exact) mass is 356 g/mol. The molecular formula is C18H20N4O2S. The molecule has 4 rings (SSSR count). The van der Waals surface area contributed by atoms with Crippen LogP contribution in [0.15, 0.2) is 47.7 Å². The second kappa shape index (κ2) is 6.65. The lowest BCUT2D eigenvalue weighted by atomic mass is 9.91. The SMILES string of the molecule is O=C(c1cc[nH]c(=O)c1)N1CC2(CC(NCc3cccnc3)CS2)C1. The van der Waals surface area contributed by atoms with Gasteiger partial charge in [-0.2, -0.15) is 0 Å². The van der Waals surface area contributed by atoms with Crippen LogP contribution in [-0.4, -0.2) is 50.4 Å². The van der Waals surface area contributed by atoms with Gasteiger partial charge in [0.15, 0.2) is 0 Å². The number of carbonyl (C=O) groups excluding carboxylic acids is 1. The van der Waals surface area contributed by atoms with E-state index >= 15 is 0 Å². The van der Waals surface area contributed by atoms with Gasteiger partial charge >= 0.3 is 0 Å². The van der Waals surface area contributed by atoms with Crippen LogP contribution >= 0.6 is 11.8 Å². The number of hydrogen-bond acceptors (Lipinski definition) is 5. The molecule has 2 N–H and O–H groups in total. The summed E-state index contributed by atoms with van der Waals surface area (Å²) >= 11 is 1.95. The van der Waals surface area contributed by atoms with E-state index in [-0.39, 0.29) is 16.2 Å². The molecule has 0 radical (unpaired) electrons. The van der Waals surface area contributed by atoms with Gasteiger partial charge in [0.1, 0.15) is 0 Å². The van der Waals surface area contributed by atoms with Gasteiger partial charge in [0.25, 0.3) is 5.91 Å². The Balaban J connectivity index is 1.30. The summed E-state index contributed by atoms with van der Waals surface area (Å²) in [4.78, 5) is 32.3. The maximum atomic E-state index is 12.5. The van der Waals surface area contributed by atoms with E-state index < -0.39 is 0 Å². The summed E-state index contributed by atoms with van der Waals surface area (Å²) in [6, 6.07) is 7.51. The van der Waals surface area contributed by atoms with Crippen LogP contribution in [-0.2, 0) is 6.54 Å². The summed E-state index contributed by atoms with van der Waals surface area (Å²) in [5, 5.41) is 3.59. The van der Waals surface area contributed by atoms with Crippen molar-refractivity contribution in [1.82, 2.24) is 20.2 Å². The number of aromatic amines is 1. The van der Waals surface area contributed by atoms with E-state index in [0.29, 0.717) is 11.6 Å². The second-order valence-electron chi connectivity index (χ2n) is 6.74. The number of nitrogens with zero attached hydrogens (tertiary/aromatic N) is 2. The normalized spacial score (nSPS) is 21.3. The summed E-state index contributed by atoms with van der Waals surface area (Å²) < 4.78 is 0.170. The molecule has 4 heterocycles. The number of rotatable bonds is 4. The number of pyridine rings is 2. The molecule has 25 heavy (non-hydrogen) atoms. The maximum Gasteiger partial charge on any atom is 0.254 e. The molecule has 1 unspecified atom stereocenters. The lowest BCUT2D eigenvalue weighted by Gasteiger charge is -2.47. The lowest BCUT2D eigenvalue weighted by Crippen LogP contribution is -2.61. The minimum absolute atomic E-state index is 0.0518. The van der Waals surface area contributed by atoms with Gasteiger partial charge in [0, 0.05) is 61.6 Å². The van der Waals surface area contributed by atoms with Crippen LogP contribution in [0.3, 0.4) is 0 Å². The van der Waals surface area contributed by atoms with Crippen molar-refractivity contribution in [3.05, 3.63) is 64.3 Å². The van der Waals surface area contributed by atoms with Crippen LogP contribution in [0.2, 0.25) is 0 Å². The molecule has 2 aromatic rings. The summed E-state index contributed by atoms with van der Waals surface area (Å²) in [6.45, 7) is 2.34. The molecule has 0 saturated carbocycles. The zero-order valence-electron chi connectivity index (χ0n) is 13.8. The van der Waals surface area contributed by atoms with E-state index in [0.717, 1.165) is 31.8 Å². The Morgan fingerprint density at radius 2 is 2.32 bits per heavy atom. The van der Waals surface area contributed by atoms with Gasteiger partial charge in [-0.1, -0.05) is 6.07 Å². The predicted molar refractivity (Wildman–Crippen MR) is 97.6 cm³/mol. The average molecular weight is 356 g/mol. The quantitative estimate of drug-likeness (QED) is 0.862. The van der Waals surface area contributed by atoms with Crippen LogP contribution in [0.25, 0.3) is 0 Å². The van der Waals surface area contributed by atoms with Crippen LogP contribution < -0.4 is 10.9 Å². The molecule has 0 aliphatic carbocycles. The molecule has 0 aromatic carbocycles. The van der Waals surface area contributed by atoms with Crippen LogP contribution in [0.4, 0.5) is 0 Å². The van der Waals surface area contributed by atoms with Gasteiger partial charge in [-0.25, -0.2) is 0 Å². The van der Waals surface area contributed by atoms with Crippen LogP contribution in [0.1, 0.15) is 22.3 Å². The maximum absolute atomic E-state index is 12.5. The molecule has 2 aliphatic heterocycles. The fourth-order valence-electron chi connectivity index (χ4n) is 3.51. The van der Waals surface area contributed by atoms with Crippen molar-refractivity contribution >= 4 is 17.7 Å². The Hall–Kier alpha value is -2.12. The Morgan fingerprint density at radius 3 is 3.08 bits per heavy atom. The number of nitrogens with one attached hydrogen (secondary N) is 2. The van der Waals surface area contributed by atoms with Gasteiger partial charge in [0.2, 0.25) is 5.56 Å². The number of carbonyl (C=O) groups is 1. The van der Waals surface area contributed by atoms with E-state index in [1.54, 1.807) is 12.3 Å². The molecule has 7 heteroatoms. The summed E-state index contributed by atoms with van der Waals surface area (Å²) in [5.41, 5.74) is 1.41. The summed E-state index contributed by atoms with van der Waals surface area (Å²) in [5.74, 6) is 1.01. The van der Waals surface area contributed by atoms with E-state index in [1.165, 1.54) is 17.8 Å². The number of likely N-dealkylation sites (tertiary alicyclic amines) is 1. The van der Waals surface area contributed by atoms with Crippen molar-refractivity contribution in [2.24, 2.45) is 0 Å². The molecule has 2 aromatic heterocycles. The number of hydrogen-bond donors (Lipinski definition) is 2. The van der Waals surface area contributed by atoms with Crippen molar-refractivity contribution in [2.45, 2.75) is 23.8 Å². The molecule has 2 saturated heterocycles. The number of H-pyrrole nitrogens is 1. The van der Waals surface area contributed by atoms with E-state index in [4.69, 9.17) is 0 Å². The van der Waals surface area contributed by atoms with Crippen molar-refractivity contribution in [2.75, 3.05) is 18.8 Å². The van der Waals surface area contributed by atoms with Crippen molar-refractivity contribution < 1.29 is 4.79 Å². The van der Waals surface area contributed by atoms with E-state index in [1.807, 2.05) is 28.9 Å². The number of aromatic nitrogens is 2. The van der Waals surface area contributed by atoms with Crippen molar-refractivity contribution in [3.8, 4) is 0 Å². The summed E-state index contributed by atoms with van der Waals surface area (Å²) in [7, 11) is 0. The van der Waals surface area contributed by atoms with Gasteiger partial charge in [-0.3, -0.25) is 14.6 Å². The molecule has 130 valence electrons. The Bertz CT molecular complexity index is 817. The minimum Gasteiger partial charge on any atom is -0.336 e. The van der Waals surface area contributed by atoms with Gasteiger partial charge in [-0.15, -0.1) is 11.8 Å². The molecule has 2 aliphatic rings.